The molecule has 0 saturated carbocycles. The second-order valence-corrected chi connectivity index (χ2v) is 18.0. The molecule has 7 rings (SSSR count). The van der Waals surface area contributed by atoms with Gasteiger partial charge in [-0.15, -0.1) is 68.0 Å². The largest absolute Gasteiger partial charge is 0.143 e. The Morgan fingerprint density at radius 1 is 0.556 bits per heavy atom. The molecule has 0 nitrogen and oxygen atoms in total. The van der Waals surface area contributed by atoms with Crippen molar-refractivity contribution in [1.82, 2.24) is 0 Å². The van der Waals surface area contributed by atoms with Crippen LogP contribution in [0, 0.1) is 0 Å². The van der Waals surface area contributed by atoms with Gasteiger partial charge in [-0.3, -0.25) is 0 Å². The normalized spacial score (nSPS) is 11.5. The maximum Gasteiger partial charge on any atom is 0.0528 e. The average molecular weight is 718 g/mol. The second-order valence-electron chi connectivity index (χ2n) is 11.1. The number of unbranched alkanes of at least 4 members (excludes halogenated alkanes) is 3. The van der Waals surface area contributed by atoms with E-state index in [-0.39, 0.29) is 0 Å². The summed E-state index contributed by atoms with van der Waals surface area (Å²) in [6.07, 6.45) is 7.39. The summed E-state index contributed by atoms with van der Waals surface area (Å²) in [5, 5.41) is 2.95. The fraction of sp³-hybridized carbons (Fsp3) is 0.211. The van der Waals surface area contributed by atoms with Gasteiger partial charge in [-0.1, -0.05) is 56.8 Å². The number of thiophene rings is 6. The van der Waals surface area contributed by atoms with E-state index >= 15 is 0 Å². The van der Waals surface area contributed by atoms with E-state index in [0.29, 0.717) is 0 Å². The van der Waals surface area contributed by atoms with E-state index in [4.69, 9.17) is 11.6 Å². The van der Waals surface area contributed by atoms with E-state index in [1.807, 2.05) is 56.7 Å². The minimum Gasteiger partial charge on any atom is -0.143 e. The van der Waals surface area contributed by atoms with Crippen LogP contribution in [0.4, 0.5) is 0 Å². The molecule has 0 amide bonds. The molecule has 0 fully saturated rings. The highest BCUT2D eigenvalue weighted by Gasteiger charge is 2.19. The van der Waals surface area contributed by atoms with Gasteiger partial charge in [-0.25, -0.2) is 0 Å². The molecule has 45 heavy (non-hydrogen) atoms. The second kappa shape index (κ2) is 14.2. The first kappa shape index (κ1) is 31.3. The van der Waals surface area contributed by atoms with Crippen molar-refractivity contribution >= 4 is 79.6 Å². The van der Waals surface area contributed by atoms with Crippen LogP contribution in [-0.2, 0) is 12.8 Å². The highest BCUT2D eigenvalue weighted by molar-refractivity contribution is 7.30. The van der Waals surface area contributed by atoms with Crippen LogP contribution in [0.5, 0.6) is 0 Å². The molecule has 228 valence electrons. The van der Waals surface area contributed by atoms with Crippen LogP contribution in [0.25, 0.3) is 59.9 Å². The van der Waals surface area contributed by atoms with Gasteiger partial charge < -0.3 is 0 Å². The van der Waals surface area contributed by atoms with Gasteiger partial charge in [-0.05, 0) is 109 Å². The summed E-state index contributed by atoms with van der Waals surface area (Å²) in [7, 11) is 0. The van der Waals surface area contributed by atoms with Gasteiger partial charge in [0.2, 0.25) is 0 Å². The van der Waals surface area contributed by atoms with Crippen molar-refractivity contribution in [2.75, 3.05) is 0 Å². The third-order valence-corrected chi connectivity index (χ3v) is 15.5. The van der Waals surface area contributed by atoms with Gasteiger partial charge in [0.1, 0.15) is 0 Å². The predicted molar refractivity (Wildman–Crippen MR) is 209 cm³/mol. The monoisotopic (exact) mass is 716 g/mol. The van der Waals surface area contributed by atoms with Crippen molar-refractivity contribution in [3.8, 4) is 59.9 Å². The molecular weight excluding hydrogens is 684 g/mol. The van der Waals surface area contributed by atoms with E-state index in [1.165, 1.54) is 102 Å². The molecule has 6 aromatic heterocycles. The zero-order valence-electron chi connectivity index (χ0n) is 25.2. The van der Waals surface area contributed by atoms with Crippen LogP contribution in [0.1, 0.15) is 50.0 Å². The Hall–Kier alpha value is -2.29. The fourth-order valence-electron chi connectivity index (χ4n) is 5.51. The Bertz CT molecular complexity index is 2010. The highest BCUT2D eigenvalue weighted by Crippen LogP contribution is 2.50. The van der Waals surface area contributed by atoms with Crippen molar-refractivity contribution < 1.29 is 0 Å². The number of hydrogen-bond donors (Lipinski definition) is 0. The molecule has 7 heteroatoms. The van der Waals surface area contributed by atoms with Crippen molar-refractivity contribution in [1.29, 1.82) is 0 Å². The summed E-state index contributed by atoms with van der Waals surface area (Å²) >= 11 is 18.0. The zero-order valence-corrected chi connectivity index (χ0v) is 30.9. The van der Waals surface area contributed by atoms with E-state index < -0.39 is 0 Å². The minimum atomic E-state index is 0.803. The van der Waals surface area contributed by atoms with Crippen molar-refractivity contribution in [2.24, 2.45) is 0 Å². The summed E-state index contributed by atoms with van der Waals surface area (Å²) in [4.78, 5) is 14.8. The topological polar surface area (TPSA) is 0 Å². The highest BCUT2D eigenvalue weighted by atomic mass is 35.5. The van der Waals surface area contributed by atoms with Crippen molar-refractivity contribution in [3.05, 3.63) is 106 Å². The van der Waals surface area contributed by atoms with Crippen LogP contribution >= 0.6 is 79.6 Å². The first-order chi connectivity index (χ1) is 22.1. The van der Waals surface area contributed by atoms with E-state index in [9.17, 15) is 0 Å². The van der Waals surface area contributed by atoms with Crippen molar-refractivity contribution in [3.63, 3.8) is 0 Å². The maximum absolute atomic E-state index is 6.66. The zero-order chi connectivity index (χ0) is 30.8. The van der Waals surface area contributed by atoms with Crippen LogP contribution in [-0.4, -0.2) is 0 Å². The Labute approximate surface area is 295 Å². The first-order valence-corrected chi connectivity index (χ1v) is 20.8. The molecule has 0 aliphatic carbocycles. The molecule has 6 heterocycles. The number of hydrogen-bond acceptors (Lipinski definition) is 6. The van der Waals surface area contributed by atoms with E-state index in [1.54, 1.807) is 11.3 Å². The minimum absolute atomic E-state index is 0.803. The molecule has 1 aromatic carbocycles. The Kier molecular flexibility index (Phi) is 9.90. The molecule has 0 atom stereocenters. The summed E-state index contributed by atoms with van der Waals surface area (Å²) < 4.78 is 0. The summed E-state index contributed by atoms with van der Waals surface area (Å²) in [6.45, 7) is 4.47. The quantitative estimate of drug-likeness (QED) is 0.110. The Morgan fingerprint density at radius 3 is 1.89 bits per heavy atom. The van der Waals surface area contributed by atoms with Crippen molar-refractivity contribution in [2.45, 2.75) is 52.4 Å². The molecule has 0 spiro atoms. The molecule has 0 aliphatic rings. The lowest BCUT2D eigenvalue weighted by molar-refractivity contribution is 0.670. The lowest BCUT2D eigenvalue weighted by atomic mass is 10.0. The fourth-order valence-corrected chi connectivity index (χ4v) is 12.2. The lowest BCUT2D eigenvalue weighted by Crippen LogP contribution is -1.84. The van der Waals surface area contributed by atoms with Crippen LogP contribution < -0.4 is 0 Å². The summed E-state index contributed by atoms with van der Waals surface area (Å²) in [6, 6.07) is 31.7. The lowest BCUT2D eigenvalue weighted by Gasteiger charge is -2.06. The molecule has 0 N–H and O–H groups in total. The summed E-state index contributed by atoms with van der Waals surface area (Å²) in [5.74, 6) is 0. The summed E-state index contributed by atoms with van der Waals surface area (Å²) in [5.41, 5.74) is 3.74. The van der Waals surface area contributed by atoms with Gasteiger partial charge in [0.05, 0.1) is 4.88 Å². The molecule has 0 unspecified atom stereocenters. The van der Waals surface area contributed by atoms with E-state index in [0.717, 1.165) is 11.4 Å². The predicted octanol–water partition coefficient (Wildman–Crippen LogP) is 15.4. The smallest absolute Gasteiger partial charge is 0.0528 e. The number of rotatable bonds is 12. The van der Waals surface area contributed by atoms with E-state index in [2.05, 4.69) is 104 Å². The molecule has 0 bridgehead atoms. The van der Waals surface area contributed by atoms with Crippen LogP contribution in [0.3, 0.4) is 0 Å². The number of benzene rings is 1. The van der Waals surface area contributed by atoms with Gasteiger partial charge in [-0.2, -0.15) is 0 Å². The van der Waals surface area contributed by atoms with Gasteiger partial charge in [0.15, 0.2) is 0 Å². The number of halogens is 1. The third kappa shape index (κ3) is 7.03. The molecular formula is C38H33ClS6. The average Bonchev–Trinajstić information content (AvgIpc) is 3.89. The molecule has 7 aromatic rings. The first-order valence-electron chi connectivity index (χ1n) is 15.4. The molecule has 0 radical (unpaired) electrons. The third-order valence-electron chi connectivity index (χ3n) is 7.88. The standard InChI is InChI=1S/C38H33ClS6/c1-3-5-6-7-9-27-11-12-31(41-27)32-17-18-36(44-32)38-28(25-20-24(4-2)21-26(39)22-25)23-37(45-38)35-16-15-34(43-35)33-14-13-30(42-33)29-10-8-19-40-29/h8,10-23H,3-7,9H2,1-2H3. The number of aryl methyl sites for hydroxylation is 2. The van der Waals surface area contributed by atoms with Gasteiger partial charge in [0.25, 0.3) is 0 Å². The SMILES string of the molecule is CCCCCCc1ccc(-c2ccc(-c3sc(-c4ccc(-c5ccc(-c6cccs6)s5)s4)cc3-c3cc(Cl)cc(CC)c3)s2)s1. The van der Waals surface area contributed by atoms with Crippen LogP contribution in [0.15, 0.2) is 90.3 Å². The molecule has 0 saturated heterocycles. The van der Waals surface area contributed by atoms with Gasteiger partial charge in [0, 0.05) is 59.4 Å². The van der Waals surface area contributed by atoms with Gasteiger partial charge >= 0.3 is 0 Å². The maximum atomic E-state index is 6.66. The Balaban J connectivity index is 1.22. The molecule has 0 aliphatic heterocycles. The van der Waals surface area contributed by atoms with Crippen LogP contribution in [0.2, 0.25) is 5.02 Å². The Morgan fingerprint density at radius 2 is 1.20 bits per heavy atom.